The second-order valence-electron chi connectivity index (χ2n) is 12.3. The minimum Gasteiger partial charge on any atom is -0.340 e. The molecule has 4 rings (SSSR count). The average Bonchev–Trinajstić information content (AvgIpc) is 3.42. The molecule has 2 fully saturated rings. The van der Waals surface area contributed by atoms with Gasteiger partial charge in [0.15, 0.2) is 9.84 Å². The third-order valence-corrected chi connectivity index (χ3v) is 11.2. The highest BCUT2D eigenvalue weighted by molar-refractivity contribution is 7.91. The maximum Gasteiger partial charge on any atom is 0.416 e. The fourth-order valence-electron chi connectivity index (χ4n) is 6.93. The number of sulfone groups is 1. The van der Waals surface area contributed by atoms with Crippen molar-refractivity contribution in [1.82, 2.24) is 15.3 Å². The van der Waals surface area contributed by atoms with E-state index in [4.69, 9.17) is 4.84 Å². The number of likely N-dealkylation sites (tertiary alicyclic amines) is 1. The first-order valence-electron chi connectivity index (χ1n) is 15.2. The SMILES string of the molecule is CONC(=C[C@@H]1[C@H](CS(=O)(=O)c2ccccc2)[C@@H](C(C)N2CCCC2=O)CC[C@H]1N(C)C(C)C)c1cccc(C(F)(F)F)c1. The van der Waals surface area contributed by atoms with Crippen molar-refractivity contribution < 1.29 is 31.2 Å². The lowest BCUT2D eigenvalue weighted by atomic mass is 9.66. The molecule has 11 heteroatoms. The Balaban J connectivity index is 1.88. The van der Waals surface area contributed by atoms with Gasteiger partial charge in [-0.25, -0.2) is 8.42 Å². The van der Waals surface area contributed by atoms with Crippen LogP contribution in [0.4, 0.5) is 13.2 Å². The Hall–Kier alpha value is -2.89. The van der Waals surface area contributed by atoms with E-state index in [1.165, 1.54) is 13.2 Å². The first kappa shape index (κ1) is 34.0. The lowest BCUT2D eigenvalue weighted by Crippen LogP contribution is -2.54. The molecule has 44 heavy (non-hydrogen) atoms. The maximum atomic E-state index is 14.0. The van der Waals surface area contributed by atoms with Crippen LogP contribution in [0.5, 0.6) is 0 Å². The van der Waals surface area contributed by atoms with Gasteiger partial charge in [-0.1, -0.05) is 36.4 Å². The Morgan fingerprint density at radius 1 is 1.11 bits per heavy atom. The van der Waals surface area contributed by atoms with Crippen LogP contribution in [0.2, 0.25) is 0 Å². The lowest BCUT2D eigenvalue weighted by molar-refractivity contribution is -0.137. The summed E-state index contributed by atoms with van der Waals surface area (Å²) in [6, 6.07) is 13.2. The van der Waals surface area contributed by atoms with E-state index in [9.17, 15) is 26.4 Å². The second kappa shape index (κ2) is 14.0. The van der Waals surface area contributed by atoms with Crippen molar-refractivity contribution in [3.63, 3.8) is 0 Å². The zero-order chi connectivity index (χ0) is 32.2. The number of hydrogen-bond donors (Lipinski definition) is 1. The monoisotopic (exact) mass is 635 g/mol. The highest BCUT2D eigenvalue weighted by atomic mass is 32.2. The zero-order valence-electron chi connectivity index (χ0n) is 26.0. The minimum absolute atomic E-state index is 0.0707. The summed E-state index contributed by atoms with van der Waals surface area (Å²) in [5.41, 5.74) is 2.62. The molecule has 0 radical (unpaired) electrons. The summed E-state index contributed by atoms with van der Waals surface area (Å²) in [5, 5.41) is 0. The van der Waals surface area contributed by atoms with E-state index in [1.54, 1.807) is 36.4 Å². The Morgan fingerprint density at radius 3 is 2.41 bits per heavy atom. The summed E-state index contributed by atoms with van der Waals surface area (Å²) < 4.78 is 69.0. The molecular weight excluding hydrogens is 591 g/mol. The molecule has 1 aliphatic carbocycles. The number of hydrogen-bond acceptors (Lipinski definition) is 6. The minimum atomic E-state index is -4.53. The highest BCUT2D eigenvalue weighted by Gasteiger charge is 2.46. The number of amides is 1. The third kappa shape index (κ3) is 7.66. The molecule has 1 unspecified atom stereocenters. The number of halogens is 3. The standard InChI is InChI=1S/C33H44F3N3O4S/c1-22(2)38(4)31-17-16-27(23(3)39-18-10-15-32(39)40)29(21-44(41,42)26-13-7-6-8-14-26)28(31)20-30(37-43-5)24-11-9-12-25(19-24)33(34,35)36/h6-9,11-14,19-20,22-23,27-29,31,37H,10,15-18,21H2,1-5H3/t23?,27-,28-,29-,31-/m1/s1. The molecule has 1 N–H and O–H groups in total. The van der Waals surface area contributed by atoms with Crippen LogP contribution in [0.15, 0.2) is 65.6 Å². The predicted octanol–water partition coefficient (Wildman–Crippen LogP) is 6.03. The van der Waals surface area contributed by atoms with E-state index >= 15 is 0 Å². The predicted molar refractivity (Wildman–Crippen MR) is 165 cm³/mol. The van der Waals surface area contributed by atoms with E-state index in [1.807, 2.05) is 24.9 Å². The fraction of sp³-hybridized carbons (Fsp3) is 0.545. The molecule has 1 amide bonds. The molecule has 2 aromatic carbocycles. The summed E-state index contributed by atoms with van der Waals surface area (Å²) in [6.07, 6.45) is 0.0129. The van der Waals surface area contributed by atoms with Crippen molar-refractivity contribution >= 4 is 21.4 Å². The van der Waals surface area contributed by atoms with Crippen LogP contribution < -0.4 is 5.48 Å². The van der Waals surface area contributed by atoms with Crippen LogP contribution in [0.25, 0.3) is 5.70 Å². The van der Waals surface area contributed by atoms with Crippen LogP contribution in [-0.2, 0) is 25.6 Å². The first-order valence-corrected chi connectivity index (χ1v) is 16.9. The van der Waals surface area contributed by atoms with Gasteiger partial charge in [-0.3, -0.25) is 15.1 Å². The molecule has 1 heterocycles. The number of nitrogens with zero attached hydrogens (tertiary/aromatic N) is 2. The van der Waals surface area contributed by atoms with Crippen molar-refractivity contribution in [1.29, 1.82) is 0 Å². The number of nitrogens with one attached hydrogen (secondary N) is 1. The molecule has 0 spiro atoms. The van der Waals surface area contributed by atoms with Gasteiger partial charge in [-0.05, 0) is 89.1 Å². The molecule has 2 aromatic rings. The molecule has 0 aromatic heterocycles. The molecule has 1 aliphatic heterocycles. The Morgan fingerprint density at radius 2 is 1.82 bits per heavy atom. The second-order valence-corrected chi connectivity index (χ2v) is 14.3. The number of alkyl halides is 3. The van der Waals surface area contributed by atoms with Gasteiger partial charge in [0.2, 0.25) is 5.91 Å². The molecule has 242 valence electrons. The van der Waals surface area contributed by atoms with Crippen LogP contribution in [0, 0.1) is 17.8 Å². The normalized spacial score (nSPS) is 24.3. The van der Waals surface area contributed by atoms with Gasteiger partial charge < -0.3 is 9.80 Å². The van der Waals surface area contributed by atoms with Gasteiger partial charge in [-0.15, -0.1) is 0 Å². The summed E-state index contributed by atoms with van der Waals surface area (Å²) in [4.78, 5) is 22.4. The smallest absolute Gasteiger partial charge is 0.340 e. The van der Waals surface area contributed by atoms with Crippen molar-refractivity contribution in [2.24, 2.45) is 17.8 Å². The summed E-state index contributed by atoms with van der Waals surface area (Å²) in [6.45, 7) is 6.76. The number of carbonyl (C=O) groups excluding carboxylic acids is 1. The van der Waals surface area contributed by atoms with Crippen molar-refractivity contribution in [3.8, 4) is 0 Å². The zero-order valence-corrected chi connectivity index (χ0v) is 26.9. The maximum absolute atomic E-state index is 14.0. The van der Waals surface area contributed by atoms with Crippen LogP contribution in [0.1, 0.15) is 57.6 Å². The van der Waals surface area contributed by atoms with Gasteiger partial charge in [0, 0.05) is 36.7 Å². The van der Waals surface area contributed by atoms with E-state index in [2.05, 4.69) is 24.2 Å². The topological polar surface area (TPSA) is 79.0 Å². The Kier molecular flexibility index (Phi) is 10.8. The summed E-state index contributed by atoms with van der Waals surface area (Å²) >= 11 is 0. The molecular formula is C33H44F3N3O4S. The van der Waals surface area contributed by atoms with Gasteiger partial charge in [0.25, 0.3) is 0 Å². The van der Waals surface area contributed by atoms with Crippen molar-refractivity contribution in [2.45, 2.75) is 75.7 Å². The number of carbonyl (C=O) groups is 1. The van der Waals surface area contributed by atoms with Gasteiger partial charge >= 0.3 is 6.18 Å². The molecule has 7 nitrogen and oxygen atoms in total. The largest absolute Gasteiger partial charge is 0.416 e. The lowest BCUT2D eigenvalue weighted by Gasteiger charge is -2.49. The van der Waals surface area contributed by atoms with Gasteiger partial charge in [0.1, 0.15) is 0 Å². The Labute approximate surface area is 259 Å². The molecule has 0 bridgehead atoms. The van der Waals surface area contributed by atoms with Crippen LogP contribution in [0.3, 0.4) is 0 Å². The average molecular weight is 636 g/mol. The number of rotatable bonds is 11. The number of hydroxylamine groups is 1. The van der Waals surface area contributed by atoms with E-state index < -0.39 is 33.4 Å². The van der Waals surface area contributed by atoms with E-state index in [0.717, 1.165) is 25.0 Å². The van der Waals surface area contributed by atoms with E-state index in [0.29, 0.717) is 25.1 Å². The molecule has 1 saturated carbocycles. The fourth-order valence-corrected chi connectivity index (χ4v) is 8.67. The number of benzene rings is 2. The van der Waals surface area contributed by atoms with Crippen LogP contribution >= 0.6 is 0 Å². The van der Waals surface area contributed by atoms with Crippen molar-refractivity contribution in [3.05, 3.63) is 71.8 Å². The Bertz CT molecular complexity index is 1410. The summed E-state index contributed by atoms with van der Waals surface area (Å²) in [7, 11) is -0.366. The molecule has 1 saturated heterocycles. The highest BCUT2D eigenvalue weighted by Crippen LogP contribution is 2.44. The van der Waals surface area contributed by atoms with Crippen molar-refractivity contribution in [2.75, 3.05) is 26.5 Å². The quantitative estimate of drug-likeness (QED) is 0.304. The van der Waals surface area contributed by atoms with Gasteiger partial charge in [-0.2, -0.15) is 13.2 Å². The summed E-state index contributed by atoms with van der Waals surface area (Å²) in [5.74, 6) is -1.09. The third-order valence-electron chi connectivity index (χ3n) is 9.43. The first-order chi connectivity index (χ1) is 20.7. The molecule has 2 aliphatic rings. The van der Waals surface area contributed by atoms with E-state index in [-0.39, 0.29) is 46.2 Å². The van der Waals surface area contributed by atoms with Crippen LogP contribution in [-0.4, -0.2) is 68.7 Å². The van der Waals surface area contributed by atoms with Gasteiger partial charge in [0.05, 0.1) is 29.0 Å². The molecule has 5 atom stereocenters.